The molecule has 0 aliphatic carbocycles. The summed E-state index contributed by atoms with van der Waals surface area (Å²) in [5.41, 5.74) is 6.48. The Bertz CT molecular complexity index is 1160. The molecule has 2 aliphatic rings. The van der Waals surface area contributed by atoms with E-state index in [1.807, 2.05) is 61.5 Å². The van der Waals surface area contributed by atoms with Crippen LogP contribution in [-0.4, -0.2) is 35.7 Å². The lowest BCUT2D eigenvalue weighted by Gasteiger charge is -2.32. The summed E-state index contributed by atoms with van der Waals surface area (Å²) in [6.45, 7) is 4.50. The SMILES string of the molecule is CCCC1=NC2=C(CNN2C(=O)C=Cc2ccccc2)C(c2ccccc2Cl)C1C(=O)OCC. The maximum absolute atomic E-state index is 13.2. The van der Waals surface area contributed by atoms with Crippen LogP contribution in [0.4, 0.5) is 0 Å². The molecule has 34 heavy (non-hydrogen) atoms. The van der Waals surface area contributed by atoms with E-state index in [0.717, 1.165) is 23.1 Å². The molecule has 7 heteroatoms. The Balaban J connectivity index is 1.76. The first-order valence-electron chi connectivity index (χ1n) is 11.6. The molecule has 2 unspecified atom stereocenters. The molecule has 0 spiro atoms. The van der Waals surface area contributed by atoms with Crippen molar-refractivity contribution < 1.29 is 14.3 Å². The topological polar surface area (TPSA) is 71.0 Å². The largest absolute Gasteiger partial charge is 0.465 e. The summed E-state index contributed by atoms with van der Waals surface area (Å²) < 4.78 is 5.46. The molecule has 4 rings (SSSR count). The van der Waals surface area contributed by atoms with Gasteiger partial charge >= 0.3 is 5.97 Å². The predicted octanol–water partition coefficient (Wildman–Crippen LogP) is 5.13. The average Bonchev–Trinajstić information content (AvgIpc) is 3.27. The van der Waals surface area contributed by atoms with Crippen molar-refractivity contribution in [2.24, 2.45) is 10.9 Å². The first-order valence-corrected chi connectivity index (χ1v) is 11.9. The van der Waals surface area contributed by atoms with E-state index < -0.39 is 5.92 Å². The maximum Gasteiger partial charge on any atom is 0.315 e. The van der Waals surface area contributed by atoms with E-state index in [-0.39, 0.29) is 24.4 Å². The first kappa shape index (κ1) is 23.9. The van der Waals surface area contributed by atoms with Gasteiger partial charge in [0.05, 0.1) is 6.61 Å². The second kappa shape index (κ2) is 10.8. The molecule has 0 aromatic heterocycles. The van der Waals surface area contributed by atoms with Crippen LogP contribution in [0.2, 0.25) is 5.02 Å². The smallest absolute Gasteiger partial charge is 0.315 e. The third-order valence-electron chi connectivity index (χ3n) is 5.97. The molecule has 0 saturated carbocycles. The number of esters is 1. The van der Waals surface area contributed by atoms with Crippen LogP contribution in [0.3, 0.4) is 0 Å². The lowest BCUT2D eigenvalue weighted by molar-refractivity contribution is -0.146. The molecular weight excluding hydrogens is 450 g/mol. The van der Waals surface area contributed by atoms with Gasteiger partial charge in [-0.05, 0) is 42.2 Å². The zero-order valence-electron chi connectivity index (χ0n) is 19.3. The van der Waals surface area contributed by atoms with Crippen molar-refractivity contribution in [1.82, 2.24) is 10.4 Å². The number of hydrazine groups is 1. The summed E-state index contributed by atoms with van der Waals surface area (Å²) in [6.07, 6.45) is 4.72. The third kappa shape index (κ3) is 4.83. The van der Waals surface area contributed by atoms with Crippen LogP contribution in [0.15, 0.2) is 77.1 Å². The van der Waals surface area contributed by atoms with Gasteiger partial charge in [-0.2, -0.15) is 0 Å². The molecule has 1 N–H and O–H groups in total. The number of carbonyl (C=O) groups is 2. The minimum absolute atomic E-state index is 0.235. The summed E-state index contributed by atoms with van der Waals surface area (Å²) in [5, 5.41) is 2.04. The van der Waals surface area contributed by atoms with E-state index in [1.165, 1.54) is 11.1 Å². The molecule has 0 fully saturated rings. The number of aliphatic imine (C=N–C) groups is 1. The van der Waals surface area contributed by atoms with Crippen LogP contribution >= 0.6 is 11.6 Å². The van der Waals surface area contributed by atoms with E-state index in [0.29, 0.717) is 29.5 Å². The highest BCUT2D eigenvalue weighted by Crippen LogP contribution is 2.44. The van der Waals surface area contributed by atoms with Gasteiger partial charge in [-0.3, -0.25) is 9.59 Å². The highest BCUT2D eigenvalue weighted by molar-refractivity contribution is 6.31. The summed E-state index contributed by atoms with van der Waals surface area (Å²) >= 11 is 6.61. The van der Waals surface area contributed by atoms with E-state index in [4.69, 9.17) is 21.3 Å². The maximum atomic E-state index is 13.2. The van der Waals surface area contributed by atoms with Gasteiger partial charge in [0.25, 0.3) is 5.91 Å². The number of rotatable bonds is 7. The van der Waals surface area contributed by atoms with Crippen molar-refractivity contribution in [3.63, 3.8) is 0 Å². The van der Waals surface area contributed by atoms with Crippen molar-refractivity contribution in [2.45, 2.75) is 32.6 Å². The second-order valence-electron chi connectivity index (χ2n) is 8.18. The quantitative estimate of drug-likeness (QED) is 0.443. The van der Waals surface area contributed by atoms with Gasteiger partial charge in [0.1, 0.15) is 5.92 Å². The van der Waals surface area contributed by atoms with E-state index in [9.17, 15) is 9.59 Å². The number of amides is 1. The van der Waals surface area contributed by atoms with Crippen LogP contribution in [0.1, 0.15) is 43.7 Å². The fourth-order valence-corrected chi connectivity index (χ4v) is 4.74. The number of halogens is 1. The Morgan fingerprint density at radius 3 is 2.59 bits per heavy atom. The predicted molar refractivity (Wildman–Crippen MR) is 134 cm³/mol. The first-order chi connectivity index (χ1) is 16.5. The van der Waals surface area contributed by atoms with Gasteiger partial charge in [0.15, 0.2) is 5.82 Å². The highest BCUT2D eigenvalue weighted by atomic mass is 35.5. The molecule has 1 amide bonds. The van der Waals surface area contributed by atoms with Gasteiger partial charge < -0.3 is 4.74 Å². The number of nitrogens with one attached hydrogen (secondary N) is 1. The van der Waals surface area contributed by atoms with Crippen LogP contribution in [-0.2, 0) is 14.3 Å². The van der Waals surface area contributed by atoms with Crippen molar-refractivity contribution in [3.8, 4) is 0 Å². The molecule has 0 saturated heterocycles. The van der Waals surface area contributed by atoms with Crippen molar-refractivity contribution in [2.75, 3.05) is 13.2 Å². The van der Waals surface area contributed by atoms with E-state index in [1.54, 1.807) is 13.0 Å². The van der Waals surface area contributed by atoms with E-state index >= 15 is 0 Å². The normalized spacial score (nSPS) is 19.9. The van der Waals surface area contributed by atoms with Gasteiger partial charge in [0, 0.05) is 29.3 Å². The highest BCUT2D eigenvalue weighted by Gasteiger charge is 2.45. The van der Waals surface area contributed by atoms with Crippen LogP contribution < -0.4 is 5.43 Å². The molecule has 6 nitrogen and oxygen atoms in total. The molecule has 0 radical (unpaired) electrons. The zero-order chi connectivity index (χ0) is 24.1. The molecule has 2 heterocycles. The molecule has 176 valence electrons. The van der Waals surface area contributed by atoms with E-state index in [2.05, 4.69) is 5.43 Å². The number of carbonyl (C=O) groups excluding carboxylic acids is 2. The lowest BCUT2D eigenvalue weighted by atomic mass is 9.75. The fraction of sp³-hybridized carbons (Fsp3) is 0.296. The molecular formula is C27H28ClN3O3. The Hall–Kier alpha value is -3.22. The van der Waals surface area contributed by atoms with Crippen molar-refractivity contribution in [1.29, 1.82) is 0 Å². The van der Waals surface area contributed by atoms with Gasteiger partial charge in [-0.15, -0.1) is 0 Å². The number of hydrogen-bond acceptors (Lipinski definition) is 5. The molecule has 2 aromatic rings. The molecule has 2 aromatic carbocycles. The Labute approximate surface area is 204 Å². The summed E-state index contributed by atoms with van der Waals surface area (Å²) in [4.78, 5) is 31.1. The molecule has 2 atom stereocenters. The Morgan fingerprint density at radius 2 is 1.88 bits per heavy atom. The standard InChI is InChI=1S/C27H28ClN3O3/c1-3-10-22-25(27(33)34-4-2)24(19-13-8-9-14-21(19)28)20-17-29-31(26(20)30-22)23(32)16-15-18-11-6-5-7-12-18/h5-9,11-16,24-25,29H,3-4,10,17H2,1-2H3. The summed E-state index contributed by atoms with van der Waals surface area (Å²) in [6, 6.07) is 17.2. The number of hydrogen-bond donors (Lipinski definition) is 1. The van der Waals surface area contributed by atoms with Crippen LogP contribution in [0.25, 0.3) is 6.08 Å². The minimum Gasteiger partial charge on any atom is -0.465 e. The minimum atomic E-state index is -0.588. The number of nitrogens with zero attached hydrogens (tertiary/aromatic N) is 2. The van der Waals surface area contributed by atoms with Gasteiger partial charge in [0.2, 0.25) is 0 Å². The number of ether oxygens (including phenoxy) is 1. The monoisotopic (exact) mass is 477 g/mol. The molecule has 2 aliphatic heterocycles. The average molecular weight is 478 g/mol. The van der Waals surface area contributed by atoms with Gasteiger partial charge in [-0.25, -0.2) is 15.4 Å². The lowest BCUT2D eigenvalue weighted by Crippen LogP contribution is -2.38. The van der Waals surface area contributed by atoms with Crippen molar-refractivity contribution in [3.05, 3.63) is 88.2 Å². The summed E-state index contributed by atoms with van der Waals surface area (Å²) in [5.74, 6) is -0.974. The van der Waals surface area contributed by atoms with Gasteiger partial charge in [-0.1, -0.05) is 73.5 Å². The number of benzene rings is 2. The van der Waals surface area contributed by atoms with Crippen LogP contribution in [0, 0.1) is 5.92 Å². The zero-order valence-corrected chi connectivity index (χ0v) is 20.1. The molecule has 0 bridgehead atoms. The Kier molecular flexibility index (Phi) is 7.60. The Morgan fingerprint density at radius 1 is 1.15 bits per heavy atom. The van der Waals surface area contributed by atoms with Crippen LogP contribution in [0.5, 0.6) is 0 Å². The second-order valence-corrected chi connectivity index (χ2v) is 8.59. The fourth-order valence-electron chi connectivity index (χ4n) is 4.49. The van der Waals surface area contributed by atoms with Crippen molar-refractivity contribution >= 4 is 35.3 Å². The summed E-state index contributed by atoms with van der Waals surface area (Å²) in [7, 11) is 0. The third-order valence-corrected chi connectivity index (χ3v) is 6.31.